The SMILES string of the molecule is COC(=O)CN1C(=O)C(O)=C(C(C)=O)[C@H]1c1ccc(C(=O)OC)cc1. The van der Waals surface area contributed by atoms with Gasteiger partial charge in [-0.05, 0) is 24.6 Å². The molecule has 1 aliphatic rings. The molecule has 25 heavy (non-hydrogen) atoms. The van der Waals surface area contributed by atoms with Crippen LogP contribution in [0.25, 0.3) is 0 Å². The molecule has 132 valence electrons. The van der Waals surface area contributed by atoms with Crippen LogP contribution in [0.5, 0.6) is 0 Å². The van der Waals surface area contributed by atoms with E-state index in [1.165, 1.54) is 45.4 Å². The average Bonchev–Trinajstić information content (AvgIpc) is 2.86. The maximum absolute atomic E-state index is 12.3. The Morgan fingerprint density at radius 1 is 1.12 bits per heavy atom. The van der Waals surface area contributed by atoms with Crippen LogP contribution >= 0.6 is 0 Å². The average molecular weight is 347 g/mol. The standard InChI is InChI=1S/C17H17NO7/c1-9(19)13-14(10-4-6-11(7-5-10)17(23)25-3)18(8-12(20)24-2)16(22)15(13)21/h4-7,14,21H,8H2,1-3H3/t14-/m1/s1. The molecule has 0 aromatic heterocycles. The van der Waals surface area contributed by atoms with Crippen molar-refractivity contribution in [2.24, 2.45) is 0 Å². The van der Waals surface area contributed by atoms with E-state index in [2.05, 4.69) is 9.47 Å². The van der Waals surface area contributed by atoms with Crippen LogP contribution in [0.1, 0.15) is 28.9 Å². The zero-order valence-corrected chi connectivity index (χ0v) is 13.9. The van der Waals surface area contributed by atoms with Gasteiger partial charge in [0.2, 0.25) is 0 Å². The maximum atomic E-state index is 12.3. The van der Waals surface area contributed by atoms with Crippen LogP contribution in [-0.4, -0.2) is 54.4 Å². The van der Waals surface area contributed by atoms with Crippen molar-refractivity contribution < 1.29 is 33.8 Å². The van der Waals surface area contributed by atoms with Crippen molar-refractivity contribution in [1.29, 1.82) is 0 Å². The van der Waals surface area contributed by atoms with Gasteiger partial charge < -0.3 is 19.5 Å². The Morgan fingerprint density at radius 2 is 1.72 bits per heavy atom. The lowest BCUT2D eigenvalue weighted by molar-refractivity contribution is -0.146. The number of nitrogens with zero attached hydrogens (tertiary/aromatic N) is 1. The lowest BCUT2D eigenvalue weighted by atomic mass is 9.96. The van der Waals surface area contributed by atoms with Crippen molar-refractivity contribution >= 4 is 23.6 Å². The van der Waals surface area contributed by atoms with Gasteiger partial charge in [-0.25, -0.2) is 4.79 Å². The van der Waals surface area contributed by atoms with Crippen molar-refractivity contribution in [3.63, 3.8) is 0 Å². The second-order valence-corrected chi connectivity index (χ2v) is 5.34. The highest BCUT2D eigenvalue weighted by atomic mass is 16.5. The summed E-state index contributed by atoms with van der Waals surface area (Å²) in [6.07, 6.45) is 0. The highest BCUT2D eigenvalue weighted by Gasteiger charge is 2.43. The number of esters is 2. The van der Waals surface area contributed by atoms with Crippen molar-refractivity contribution in [1.82, 2.24) is 4.90 Å². The summed E-state index contributed by atoms with van der Waals surface area (Å²) >= 11 is 0. The molecule has 0 spiro atoms. The molecule has 2 rings (SSSR count). The first-order chi connectivity index (χ1) is 11.8. The molecule has 1 atom stereocenters. The molecule has 8 nitrogen and oxygen atoms in total. The van der Waals surface area contributed by atoms with Gasteiger partial charge in [-0.2, -0.15) is 0 Å². The van der Waals surface area contributed by atoms with E-state index in [9.17, 15) is 24.3 Å². The summed E-state index contributed by atoms with van der Waals surface area (Å²) in [4.78, 5) is 48.3. The second kappa shape index (κ2) is 7.16. The van der Waals surface area contributed by atoms with Gasteiger partial charge in [0.1, 0.15) is 6.54 Å². The van der Waals surface area contributed by atoms with E-state index < -0.39 is 42.0 Å². The Balaban J connectivity index is 2.47. The summed E-state index contributed by atoms with van der Waals surface area (Å²) in [6.45, 7) is 0.788. The first-order valence-electron chi connectivity index (χ1n) is 7.32. The molecular formula is C17H17NO7. The maximum Gasteiger partial charge on any atom is 0.337 e. The summed E-state index contributed by atoms with van der Waals surface area (Å²) in [5.41, 5.74) is 0.631. The zero-order valence-electron chi connectivity index (χ0n) is 13.9. The topological polar surface area (TPSA) is 110 Å². The number of Topliss-reactive ketones (excluding diaryl/α,β-unsaturated/α-hetero) is 1. The van der Waals surface area contributed by atoms with Crippen LogP contribution in [-0.2, 0) is 23.9 Å². The monoisotopic (exact) mass is 347 g/mol. The minimum Gasteiger partial charge on any atom is -0.503 e. The number of methoxy groups -OCH3 is 2. The predicted molar refractivity (Wildman–Crippen MR) is 84.6 cm³/mol. The van der Waals surface area contributed by atoms with Crippen molar-refractivity contribution in [3.8, 4) is 0 Å². The highest BCUT2D eigenvalue weighted by Crippen LogP contribution is 2.37. The molecular weight excluding hydrogens is 330 g/mol. The predicted octanol–water partition coefficient (Wildman–Crippen LogP) is 0.931. The summed E-state index contributed by atoms with van der Waals surface area (Å²) < 4.78 is 9.18. The molecule has 0 bridgehead atoms. The third-order valence-corrected chi connectivity index (χ3v) is 3.86. The van der Waals surface area contributed by atoms with Crippen molar-refractivity contribution in [3.05, 3.63) is 46.7 Å². The van der Waals surface area contributed by atoms with Gasteiger partial charge in [0.05, 0.1) is 31.4 Å². The van der Waals surface area contributed by atoms with Crippen molar-refractivity contribution in [2.75, 3.05) is 20.8 Å². The lowest BCUT2D eigenvalue weighted by Crippen LogP contribution is -2.36. The summed E-state index contributed by atoms with van der Waals surface area (Å²) in [5, 5.41) is 10.0. The largest absolute Gasteiger partial charge is 0.503 e. The Kier molecular flexibility index (Phi) is 5.21. The Bertz CT molecular complexity index is 764. The van der Waals surface area contributed by atoms with E-state index in [4.69, 9.17) is 0 Å². The molecule has 1 aliphatic heterocycles. The van der Waals surface area contributed by atoms with E-state index in [1.807, 2.05) is 0 Å². The molecule has 1 N–H and O–H groups in total. The van der Waals surface area contributed by atoms with Crippen LogP contribution in [0.2, 0.25) is 0 Å². The molecule has 1 heterocycles. The van der Waals surface area contributed by atoms with Crippen LogP contribution in [0.3, 0.4) is 0 Å². The number of ketones is 1. The van der Waals surface area contributed by atoms with E-state index in [0.29, 0.717) is 5.56 Å². The molecule has 1 aromatic carbocycles. The number of hydrogen-bond donors (Lipinski definition) is 1. The first kappa shape index (κ1) is 18.2. The number of carbonyl (C=O) groups is 4. The highest BCUT2D eigenvalue weighted by molar-refractivity contribution is 6.08. The molecule has 0 saturated heterocycles. The Morgan fingerprint density at radius 3 is 2.20 bits per heavy atom. The van der Waals surface area contributed by atoms with E-state index >= 15 is 0 Å². The fourth-order valence-corrected chi connectivity index (χ4v) is 2.65. The smallest absolute Gasteiger partial charge is 0.337 e. The lowest BCUT2D eigenvalue weighted by Gasteiger charge is -2.25. The minimum atomic E-state index is -0.948. The van der Waals surface area contributed by atoms with Gasteiger partial charge in [0, 0.05) is 0 Å². The van der Waals surface area contributed by atoms with Gasteiger partial charge in [-0.15, -0.1) is 0 Å². The van der Waals surface area contributed by atoms with E-state index in [-0.39, 0.29) is 11.1 Å². The van der Waals surface area contributed by atoms with Gasteiger partial charge in [0.25, 0.3) is 5.91 Å². The number of carbonyl (C=O) groups excluding carboxylic acids is 4. The first-order valence-corrected chi connectivity index (χ1v) is 7.32. The third-order valence-electron chi connectivity index (χ3n) is 3.86. The van der Waals surface area contributed by atoms with Gasteiger partial charge >= 0.3 is 11.9 Å². The molecule has 0 fully saturated rings. The fourth-order valence-electron chi connectivity index (χ4n) is 2.65. The second-order valence-electron chi connectivity index (χ2n) is 5.34. The molecule has 0 radical (unpaired) electrons. The van der Waals surface area contributed by atoms with E-state index in [1.54, 1.807) is 0 Å². The quantitative estimate of drug-likeness (QED) is 0.789. The normalized spacial score (nSPS) is 16.8. The fraction of sp³-hybridized carbons (Fsp3) is 0.294. The number of aliphatic hydroxyl groups excluding tert-OH is 1. The molecule has 1 amide bonds. The summed E-state index contributed by atoms with van der Waals surface area (Å²) in [5.74, 6) is -3.26. The molecule has 0 aliphatic carbocycles. The molecule has 1 aromatic rings. The van der Waals surface area contributed by atoms with Crippen LogP contribution in [0.15, 0.2) is 35.6 Å². The molecule has 0 saturated carbocycles. The van der Waals surface area contributed by atoms with Crippen LogP contribution in [0.4, 0.5) is 0 Å². The van der Waals surface area contributed by atoms with E-state index in [0.717, 1.165) is 4.90 Å². The van der Waals surface area contributed by atoms with Gasteiger partial charge in [0.15, 0.2) is 11.5 Å². The summed E-state index contributed by atoms with van der Waals surface area (Å²) in [7, 11) is 2.42. The number of ether oxygens (including phenoxy) is 2. The Labute approximate surface area is 143 Å². The molecule has 0 unspecified atom stereocenters. The number of benzene rings is 1. The number of amides is 1. The number of rotatable bonds is 5. The van der Waals surface area contributed by atoms with Gasteiger partial charge in [-0.1, -0.05) is 12.1 Å². The minimum absolute atomic E-state index is 0.111. The van der Waals surface area contributed by atoms with Crippen LogP contribution < -0.4 is 0 Å². The van der Waals surface area contributed by atoms with Crippen molar-refractivity contribution in [2.45, 2.75) is 13.0 Å². The summed E-state index contributed by atoms with van der Waals surface area (Å²) in [6, 6.07) is 5.03. The third kappa shape index (κ3) is 3.37. The number of hydrogen-bond acceptors (Lipinski definition) is 7. The zero-order chi connectivity index (χ0) is 18.7. The Hall–Kier alpha value is -3.16. The van der Waals surface area contributed by atoms with Gasteiger partial charge in [-0.3, -0.25) is 14.4 Å². The van der Waals surface area contributed by atoms with Crippen LogP contribution in [0, 0.1) is 0 Å². The molecule has 8 heteroatoms. The number of aliphatic hydroxyl groups is 1.